The fraction of sp³-hybridized carbons (Fsp3) is 0.750. The molecule has 3 rings (SSSR count). The molecule has 122 valence electrons. The summed E-state index contributed by atoms with van der Waals surface area (Å²) >= 11 is 0. The fourth-order valence-electron chi connectivity index (χ4n) is 3.03. The van der Waals surface area contributed by atoms with Crippen LogP contribution < -0.4 is 0 Å². The molecule has 1 aromatic rings. The van der Waals surface area contributed by atoms with E-state index in [4.69, 9.17) is 4.74 Å². The van der Waals surface area contributed by atoms with Gasteiger partial charge in [0.2, 0.25) is 0 Å². The summed E-state index contributed by atoms with van der Waals surface area (Å²) in [6.45, 7) is 2.74. The number of ether oxygens (including phenoxy) is 1. The molecule has 2 fully saturated rings. The molecular formula is C16H26N4O2. The molecule has 6 heteroatoms. The van der Waals surface area contributed by atoms with Gasteiger partial charge in [0.25, 0.3) is 0 Å². The van der Waals surface area contributed by atoms with E-state index in [1.807, 2.05) is 30.1 Å². The van der Waals surface area contributed by atoms with Crippen LogP contribution in [0.2, 0.25) is 0 Å². The predicted octanol–water partition coefficient (Wildman–Crippen LogP) is 2.10. The van der Waals surface area contributed by atoms with Crippen LogP contribution in [0.4, 0.5) is 4.79 Å². The third-order valence-corrected chi connectivity index (χ3v) is 4.53. The highest BCUT2D eigenvalue weighted by molar-refractivity contribution is 5.67. The molecule has 0 bridgehead atoms. The quantitative estimate of drug-likeness (QED) is 0.836. The van der Waals surface area contributed by atoms with E-state index in [1.165, 1.54) is 18.5 Å². The molecule has 1 aliphatic heterocycles. The molecule has 6 nitrogen and oxygen atoms in total. The zero-order valence-corrected chi connectivity index (χ0v) is 13.6. The minimum atomic E-state index is -0.178. The van der Waals surface area contributed by atoms with Crippen molar-refractivity contribution in [3.8, 4) is 0 Å². The molecule has 0 atom stereocenters. The average molecular weight is 306 g/mol. The van der Waals surface area contributed by atoms with E-state index < -0.39 is 0 Å². The van der Waals surface area contributed by atoms with Crippen molar-refractivity contribution in [2.24, 2.45) is 0 Å². The summed E-state index contributed by atoms with van der Waals surface area (Å²) in [6.07, 6.45) is 6.25. The van der Waals surface area contributed by atoms with E-state index >= 15 is 0 Å². The zero-order valence-electron chi connectivity index (χ0n) is 13.6. The Morgan fingerprint density at radius 2 is 2.05 bits per heavy atom. The lowest BCUT2D eigenvalue weighted by atomic mass is 10.1. The van der Waals surface area contributed by atoms with Gasteiger partial charge >= 0.3 is 6.09 Å². The second kappa shape index (κ2) is 6.69. The van der Waals surface area contributed by atoms with Crippen molar-refractivity contribution in [2.75, 3.05) is 40.3 Å². The molecule has 2 aliphatic rings. The molecule has 1 amide bonds. The van der Waals surface area contributed by atoms with Gasteiger partial charge in [0.15, 0.2) is 0 Å². The summed E-state index contributed by atoms with van der Waals surface area (Å²) in [5.41, 5.74) is 1.38. The zero-order chi connectivity index (χ0) is 15.5. The van der Waals surface area contributed by atoms with Gasteiger partial charge in [0.1, 0.15) is 6.61 Å². The first-order chi connectivity index (χ1) is 10.6. The van der Waals surface area contributed by atoms with Gasteiger partial charge in [-0.25, -0.2) is 4.79 Å². The van der Waals surface area contributed by atoms with Crippen molar-refractivity contribution in [1.82, 2.24) is 19.6 Å². The first kappa shape index (κ1) is 15.3. The molecule has 0 unspecified atom stereocenters. The molecule has 22 heavy (non-hydrogen) atoms. The normalized spacial score (nSPS) is 19.7. The number of likely N-dealkylation sites (tertiary alicyclic amines) is 1. The maximum atomic E-state index is 12.0. The van der Waals surface area contributed by atoms with Gasteiger partial charge in [-0.05, 0) is 45.8 Å². The third kappa shape index (κ3) is 3.61. The van der Waals surface area contributed by atoms with E-state index in [0.29, 0.717) is 12.6 Å². The van der Waals surface area contributed by atoms with E-state index in [0.717, 1.165) is 38.4 Å². The lowest BCUT2D eigenvalue weighted by Crippen LogP contribution is -2.40. The maximum absolute atomic E-state index is 12.0. The minimum Gasteiger partial charge on any atom is -0.448 e. The van der Waals surface area contributed by atoms with E-state index in [2.05, 4.69) is 15.8 Å². The van der Waals surface area contributed by atoms with Crippen LogP contribution in [0.1, 0.15) is 43.3 Å². The third-order valence-electron chi connectivity index (χ3n) is 4.53. The summed E-state index contributed by atoms with van der Waals surface area (Å²) in [7, 11) is 3.95. The number of carbonyl (C=O) groups excluding carboxylic acids is 1. The van der Waals surface area contributed by atoms with Crippen LogP contribution in [-0.2, 0) is 4.74 Å². The molecule has 0 radical (unpaired) electrons. The number of amides is 1. The van der Waals surface area contributed by atoms with Gasteiger partial charge in [-0.2, -0.15) is 5.10 Å². The van der Waals surface area contributed by atoms with Crippen LogP contribution >= 0.6 is 0 Å². The van der Waals surface area contributed by atoms with Crippen molar-refractivity contribution < 1.29 is 9.53 Å². The molecule has 2 heterocycles. The van der Waals surface area contributed by atoms with Crippen LogP contribution in [-0.4, -0.2) is 66.0 Å². The van der Waals surface area contributed by atoms with Crippen LogP contribution in [0, 0.1) is 0 Å². The van der Waals surface area contributed by atoms with Crippen LogP contribution in [0.5, 0.6) is 0 Å². The van der Waals surface area contributed by atoms with Crippen molar-refractivity contribution >= 4 is 6.09 Å². The Bertz CT molecular complexity index is 502. The smallest absolute Gasteiger partial charge is 0.409 e. The maximum Gasteiger partial charge on any atom is 0.409 e. The summed E-state index contributed by atoms with van der Waals surface area (Å²) in [6, 6.07) is 2.58. The second-order valence-electron chi connectivity index (χ2n) is 6.61. The van der Waals surface area contributed by atoms with Crippen LogP contribution in [0.25, 0.3) is 0 Å². The summed E-state index contributed by atoms with van der Waals surface area (Å²) in [5, 5.41) is 4.52. The van der Waals surface area contributed by atoms with Crippen molar-refractivity contribution in [3.63, 3.8) is 0 Å². The first-order valence-electron chi connectivity index (χ1n) is 8.25. The van der Waals surface area contributed by atoms with E-state index in [1.54, 1.807) is 0 Å². The number of aromatic nitrogens is 2. The fourth-order valence-corrected chi connectivity index (χ4v) is 3.03. The van der Waals surface area contributed by atoms with Gasteiger partial charge < -0.3 is 14.5 Å². The summed E-state index contributed by atoms with van der Waals surface area (Å²) in [5.74, 6) is 0.719. The number of likely N-dealkylation sites (N-methyl/N-ethyl adjacent to an activating group) is 1. The van der Waals surface area contributed by atoms with Gasteiger partial charge in [0.05, 0.1) is 6.04 Å². The standard InChI is InChI=1S/C16H26N4O2/c1-18(2)11-12-22-16(21)19-9-6-14(7-10-19)20-15(5-8-17-20)13-3-4-13/h5,8,13-14H,3-4,6-7,9-12H2,1-2H3. The Morgan fingerprint density at radius 1 is 1.32 bits per heavy atom. The van der Waals surface area contributed by atoms with Gasteiger partial charge in [0, 0.05) is 37.4 Å². The van der Waals surface area contributed by atoms with Crippen LogP contribution in [0.15, 0.2) is 12.3 Å². The van der Waals surface area contributed by atoms with Gasteiger partial charge in [-0.1, -0.05) is 0 Å². The number of hydrogen-bond acceptors (Lipinski definition) is 4. The molecular weight excluding hydrogens is 280 g/mol. The number of piperidine rings is 1. The lowest BCUT2D eigenvalue weighted by Gasteiger charge is -2.32. The molecule has 0 N–H and O–H groups in total. The molecule has 0 aromatic carbocycles. The number of carbonyl (C=O) groups is 1. The monoisotopic (exact) mass is 306 g/mol. The Hall–Kier alpha value is -1.56. The van der Waals surface area contributed by atoms with Crippen molar-refractivity contribution in [3.05, 3.63) is 18.0 Å². The highest BCUT2D eigenvalue weighted by atomic mass is 16.6. The predicted molar refractivity (Wildman–Crippen MR) is 83.9 cm³/mol. The van der Waals surface area contributed by atoms with Gasteiger partial charge in [-0.3, -0.25) is 4.68 Å². The highest BCUT2D eigenvalue weighted by Crippen LogP contribution is 2.41. The molecule has 1 aliphatic carbocycles. The highest BCUT2D eigenvalue weighted by Gasteiger charge is 2.31. The minimum absolute atomic E-state index is 0.178. The van der Waals surface area contributed by atoms with Crippen molar-refractivity contribution in [2.45, 2.75) is 37.6 Å². The summed E-state index contributed by atoms with van der Waals surface area (Å²) in [4.78, 5) is 15.9. The molecule has 1 aromatic heterocycles. The van der Waals surface area contributed by atoms with E-state index in [9.17, 15) is 4.79 Å². The Kier molecular flexibility index (Phi) is 4.66. The molecule has 1 saturated heterocycles. The van der Waals surface area contributed by atoms with Crippen molar-refractivity contribution in [1.29, 1.82) is 0 Å². The summed E-state index contributed by atoms with van der Waals surface area (Å²) < 4.78 is 7.51. The average Bonchev–Trinajstić information content (AvgIpc) is 3.24. The van der Waals surface area contributed by atoms with Crippen LogP contribution in [0.3, 0.4) is 0 Å². The molecule has 0 spiro atoms. The Morgan fingerprint density at radius 3 is 2.68 bits per heavy atom. The van der Waals surface area contributed by atoms with E-state index in [-0.39, 0.29) is 6.09 Å². The Balaban J connectivity index is 1.47. The number of nitrogens with zero attached hydrogens (tertiary/aromatic N) is 4. The lowest BCUT2D eigenvalue weighted by molar-refractivity contribution is 0.0823. The topological polar surface area (TPSA) is 50.6 Å². The Labute approximate surface area is 132 Å². The molecule has 1 saturated carbocycles. The largest absolute Gasteiger partial charge is 0.448 e. The first-order valence-corrected chi connectivity index (χ1v) is 8.25. The van der Waals surface area contributed by atoms with Gasteiger partial charge in [-0.15, -0.1) is 0 Å². The SMILES string of the molecule is CN(C)CCOC(=O)N1CCC(n2nccc2C2CC2)CC1. The number of hydrogen-bond donors (Lipinski definition) is 0. The second-order valence-corrected chi connectivity index (χ2v) is 6.61. The number of rotatable bonds is 5.